The first-order chi connectivity index (χ1) is 27.7. The Hall–Kier alpha value is -4.68. The number of nitrogens with zero attached hydrogens (tertiary/aromatic N) is 2. The van der Waals surface area contributed by atoms with Gasteiger partial charge in [-0.05, 0) is 123 Å². The molecule has 0 saturated heterocycles. The summed E-state index contributed by atoms with van der Waals surface area (Å²) in [6.45, 7) is 0.533. The van der Waals surface area contributed by atoms with E-state index in [1.54, 1.807) is 0 Å². The predicted octanol–water partition coefficient (Wildman–Crippen LogP) is 9.26. The zero-order valence-electron chi connectivity index (χ0n) is 33.1. The molecule has 0 fully saturated rings. The first-order valence-corrected chi connectivity index (χ1v) is 20.1. The second kappa shape index (κ2) is 18.1. The summed E-state index contributed by atoms with van der Waals surface area (Å²) in [5.74, 6) is -1.25. The van der Waals surface area contributed by atoms with Crippen LogP contribution in [0, 0.1) is 0 Å². The largest absolute Gasteiger partial charge is 0.405 e. The van der Waals surface area contributed by atoms with Gasteiger partial charge < -0.3 is 20.4 Å². The van der Waals surface area contributed by atoms with Crippen LogP contribution in [0.25, 0.3) is 22.3 Å². The number of hydrogen-bond donors (Lipinski definition) is 2. The standard InChI is InChI=1S/C46H52F6N4O2/c1-55(27-13-11-25-43(41(57)53-31-45(47,48)49)37-21-7-3-17-33(37)34-18-4-8-22-38(34)43)29-15-16-30-56(2)28-14-12-26-44(42(58)54-32-46(50,51)52)39-23-9-5-19-35(39)36-20-6-10-24-40(36)44/h3-10,17-24H,11-16,25-32H2,1-2H3,(H,53,57)(H,54,58). The zero-order valence-corrected chi connectivity index (χ0v) is 33.1. The highest BCUT2D eigenvalue weighted by atomic mass is 19.4. The van der Waals surface area contributed by atoms with Gasteiger partial charge in [0.05, 0.1) is 0 Å². The van der Waals surface area contributed by atoms with Crippen LogP contribution >= 0.6 is 0 Å². The molecule has 2 N–H and O–H groups in total. The monoisotopic (exact) mass is 806 g/mol. The summed E-state index contributed by atoms with van der Waals surface area (Å²) in [6.07, 6.45) is -3.48. The third-order valence-electron chi connectivity index (χ3n) is 11.8. The molecule has 2 aliphatic carbocycles. The first-order valence-electron chi connectivity index (χ1n) is 20.1. The molecule has 0 spiro atoms. The number of fused-ring (bicyclic) bond motifs is 6. The van der Waals surface area contributed by atoms with Crippen molar-refractivity contribution in [3.63, 3.8) is 0 Å². The smallest absolute Gasteiger partial charge is 0.346 e. The fourth-order valence-corrected chi connectivity index (χ4v) is 9.10. The van der Waals surface area contributed by atoms with Crippen LogP contribution in [0.2, 0.25) is 0 Å². The number of benzene rings is 4. The van der Waals surface area contributed by atoms with Crippen LogP contribution < -0.4 is 10.6 Å². The highest BCUT2D eigenvalue weighted by molar-refractivity contribution is 6.01. The predicted molar refractivity (Wildman–Crippen MR) is 215 cm³/mol. The molecule has 310 valence electrons. The van der Waals surface area contributed by atoms with E-state index >= 15 is 0 Å². The summed E-state index contributed by atoms with van der Waals surface area (Å²) in [5, 5.41) is 4.41. The van der Waals surface area contributed by atoms with Gasteiger partial charge in [-0.3, -0.25) is 9.59 Å². The van der Waals surface area contributed by atoms with Crippen molar-refractivity contribution >= 4 is 11.8 Å². The molecule has 0 atom stereocenters. The lowest BCUT2D eigenvalue weighted by atomic mass is 9.73. The highest BCUT2D eigenvalue weighted by Gasteiger charge is 2.50. The summed E-state index contributed by atoms with van der Waals surface area (Å²) in [7, 11) is 4.10. The summed E-state index contributed by atoms with van der Waals surface area (Å²) < 4.78 is 79.3. The van der Waals surface area contributed by atoms with Crippen molar-refractivity contribution in [2.45, 2.75) is 74.5 Å². The van der Waals surface area contributed by atoms with E-state index in [1.807, 2.05) is 97.1 Å². The molecule has 12 heteroatoms. The Balaban J connectivity index is 0.965. The van der Waals surface area contributed by atoms with E-state index in [4.69, 9.17) is 0 Å². The Morgan fingerprint density at radius 3 is 1.00 bits per heavy atom. The average molecular weight is 807 g/mol. The third kappa shape index (κ3) is 9.28. The number of amides is 2. The van der Waals surface area contributed by atoms with Crippen molar-refractivity contribution in [2.24, 2.45) is 0 Å². The summed E-state index contributed by atoms with van der Waals surface area (Å²) in [5.41, 5.74) is 4.09. The van der Waals surface area contributed by atoms with Gasteiger partial charge in [-0.25, -0.2) is 0 Å². The fraction of sp³-hybridized carbons (Fsp3) is 0.435. The minimum Gasteiger partial charge on any atom is -0.346 e. The van der Waals surface area contributed by atoms with Crippen LogP contribution in [0.15, 0.2) is 97.1 Å². The number of alkyl halides is 6. The topological polar surface area (TPSA) is 64.7 Å². The van der Waals surface area contributed by atoms with Gasteiger partial charge in [0.1, 0.15) is 23.9 Å². The van der Waals surface area contributed by atoms with Crippen LogP contribution in [0.1, 0.15) is 73.6 Å². The average Bonchev–Trinajstić information content (AvgIpc) is 3.66. The Labute approximate surface area is 337 Å². The highest BCUT2D eigenvalue weighted by Crippen LogP contribution is 2.53. The number of rotatable bonds is 19. The molecule has 6 rings (SSSR count). The molecule has 0 unspecified atom stereocenters. The first kappa shape index (κ1) is 42.9. The SMILES string of the molecule is CN(CCCCN(C)CCCCC1(C(=O)NCC(F)(F)F)c2ccccc2-c2ccccc21)CCCCC1(C(=O)NCC(F)(F)F)c2ccccc2-c2ccccc21. The van der Waals surface area contributed by atoms with Crippen LogP contribution in [0.4, 0.5) is 26.3 Å². The van der Waals surface area contributed by atoms with Crippen LogP contribution in [-0.4, -0.2) is 87.3 Å². The normalized spacial score (nSPS) is 14.9. The quantitative estimate of drug-likeness (QED) is 0.0733. The molecule has 6 nitrogen and oxygen atoms in total. The molecule has 2 amide bonds. The molecule has 0 aromatic heterocycles. The molecular formula is C46H52F6N4O2. The maximum Gasteiger partial charge on any atom is 0.405 e. The zero-order chi connectivity index (χ0) is 41.6. The molecule has 58 heavy (non-hydrogen) atoms. The van der Waals surface area contributed by atoms with Gasteiger partial charge in [0.15, 0.2) is 0 Å². The molecule has 4 aromatic carbocycles. The van der Waals surface area contributed by atoms with Crippen molar-refractivity contribution in [1.29, 1.82) is 0 Å². The van der Waals surface area contributed by atoms with Gasteiger partial charge in [-0.15, -0.1) is 0 Å². The van der Waals surface area contributed by atoms with Gasteiger partial charge in [0, 0.05) is 0 Å². The second-order valence-corrected chi connectivity index (χ2v) is 15.8. The van der Waals surface area contributed by atoms with Gasteiger partial charge in [0.2, 0.25) is 11.8 Å². The Kier molecular flexibility index (Phi) is 13.4. The third-order valence-corrected chi connectivity index (χ3v) is 11.8. The summed E-state index contributed by atoms with van der Waals surface area (Å²) >= 11 is 0. The number of halogens is 6. The van der Waals surface area contributed by atoms with E-state index in [0.717, 1.165) is 96.4 Å². The lowest BCUT2D eigenvalue weighted by molar-refractivity contribution is -0.141. The molecule has 4 aromatic rings. The van der Waals surface area contributed by atoms with Gasteiger partial charge in [0.25, 0.3) is 0 Å². The number of carbonyl (C=O) groups is 2. The fourth-order valence-electron chi connectivity index (χ4n) is 9.10. The van der Waals surface area contributed by atoms with Crippen molar-refractivity contribution < 1.29 is 35.9 Å². The van der Waals surface area contributed by atoms with Crippen molar-refractivity contribution in [2.75, 3.05) is 53.4 Å². The summed E-state index contributed by atoms with van der Waals surface area (Å²) in [6, 6.07) is 30.0. The van der Waals surface area contributed by atoms with Crippen molar-refractivity contribution in [3.05, 3.63) is 119 Å². The van der Waals surface area contributed by atoms with Crippen LogP contribution in [0.5, 0.6) is 0 Å². The van der Waals surface area contributed by atoms with Gasteiger partial charge in [-0.2, -0.15) is 26.3 Å². The maximum absolute atomic E-state index is 13.7. The molecule has 0 heterocycles. The Morgan fingerprint density at radius 2 is 0.724 bits per heavy atom. The van der Waals surface area contributed by atoms with Gasteiger partial charge in [-0.1, -0.05) is 110 Å². The minimum atomic E-state index is -4.52. The minimum absolute atomic E-state index is 0.391. The number of hydrogen-bond acceptors (Lipinski definition) is 4. The molecule has 0 saturated carbocycles. The summed E-state index contributed by atoms with van der Waals surface area (Å²) in [4.78, 5) is 32.0. The molecule has 2 aliphatic rings. The van der Waals surface area contributed by atoms with E-state index in [-0.39, 0.29) is 0 Å². The van der Waals surface area contributed by atoms with Crippen LogP contribution in [-0.2, 0) is 20.4 Å². The Bertz CT molecular complexity index is 1810. The van der Waals surface area contributed by atoms with Crippen molar-refractivity contribution in [1.82, 2.24) is 20.4 Å². The van der Waals surface area contributed by atoms with Crippen LogP contribution in [0.3, 0.4) is 0 Å². The van der Waals surface area contributed by atoms with E-state index < -0.39 is 48.1 Å². The van der Waals surface area contributed by atoms with E-state index in [0.29, 0.717) is 25.7 Å². The molecule has 0 radical (unpaired) electrons. The molecule has 0 bridgehead atoms. The van der Waals surface area contributed by atoms with E-state index in [9.17, 15) is 35.9 Å². The maximum atomic E-state index is 13.7. The molecule has 0 aliphatic heterocycles. The number of nitrogens with one attached hydrogen (secondary N) is 2. The lowest BCUT2D eigenvalue weighted by Gasteiger charge is -2.31. The van der Waals surface area contributed by atoms with Crippen molar-refractivity contribution in [3.8, 4) is 22.3 Å². The lowest BCUT2D eigenvalue weighted by Crippen LogP contribution is -2.47. The van der Waals surface area contributed by atoms with E-state index in [1.165, 1.54) is 0 Å². The number of unbranched alkanes of at least 4 members (excludes halogenated alkanes) is 3. The van der Waals surface area contributed by atoms with E-state index in [2.05, 4.69) is 34.5 Å². The van der Waals surface area contributed by atoms with Gasteiger partial charge >= 0.3 is 12.4 Å². The second-order valence-electron chi connectivity index (χ2n) is 15.8. The number of carbonyl (C=O) groups excluding carboxylic acids is 2. The molecular weight excluding hydrogens is 755 g/mol. The Morgan fingerprint density at radius 1 is 0.466 bits per heavy atom.